The molecule has 108 valence electrons. The Balaban J connectivity index is 2.63. The van der Waals surface area contributed by atoms with Crippen LogP contribution in [0, 0.1) is 0 Å². The second kappa shape index (κ2) is 8.04. The van der Waals surface area contributed by atoms with Crippen molar-refractivity contribution >= 4 is 0 Å². The fraction of sp³-hybridized carbons (Fsp3) is 1.00. The molecule has 1 saturated heterocycles. The molecule has 0 bridgehead atoms. The molecule has 1 heterocycles. The van der Waals surface area contributed by atoms with Crippen LogP contribution in [-0.4, -0.2) is 75.3 Å². The maximum Gasteiger partial charge on any atom is 0.112 e. The summed E-state index contributed by atoms with van der Waals surface area (Å²) in [6.07, 6.45) is -0.426. The lowest BCUT2D eigenvalue weighted by atomic mass is 9.95. The normalized spacial score (nSPS) is 34.5. The Labute approximate surface area is 108 Å². The lowest BCUT2D eigenvalue weighted by Crippen LogP contribution is -2.52. The van der Waals surface area contributed by atoms with E-state index in [1.807, 2.05) is 0 Å². The molecule has 6 nitrogen and oxygen atoms in total. The molecule has 0 radical (unpaired) electrons. The lowest BCUT2D eigenvalue weighted by Gasteiger charge is -2.40. The van der Waals surface area contributed by atoms with Gasteiger partial charge < -0.3 is 29.2 Å². The predicted octanol–water partition coefficient (Wildman–Crippen LogP) is -0.436. The van der Waals surface area contributed by atoms with Crippen molar-refractivity contribution in [2.24, 2.45) is 0 Å². The fourth-order valence-electron chi connectivity index (χ4n) is 2.37. The van der Waals surface area contributed by atoms with Crippen molar-refractivity contribution in [1.29, 1.82) is 0 Å². The Morgan fingerprint density at radius 2 is 2.00 bits per heavy atom. The van der Waals surface area contributed by atoms with E-state index in [-0.39, 0.29) is 31.0 Å². The van der Waals surface area contributed by atoms with Crippen LogP contribution < -0.4 is 0 Å². The topological polar surface area (TPSA) is 77.4 Å². The van der Waals surface area contributed by atoms with Crippen LogP contribution in [0.25, 0.3) is 0 Å². The first-order valence-electron chi connectivity index (χ1n) is 6.15. The van der Waals surface area contributed by atoms with Gasteiger partial charge in [-0.25, -0.2) is 0 Å². The first kappa shape index (κ1) is 15.8. The standard InChI is InChI=1S/C12H24O6/c1-15-7-11-12(17-3)10(16-2)5-9(18-11)4-8(14)6-13/h8-14H,4-7H2,1-3H3/t8-,9+,10+,11+,12-/m0/s1. The summed E-state index contributed by atoms with van der Waals surface area (Å²) in [6.45, 7) is 0.143. The summed E-state index contributed by atoms with van der Waals surface area (Å²) in [5.74, 6) is 0. The largest absolute Gasteiger partial charge is 0.394 e. The van der Waals surface area contributed by atoms with Crippen LogP contribution in [0.4, 0.5) is 0 Å². The molecule has 1 rings (SSSR count). The highest BCUT2D eigenvalue weighted by molar-refractivity contribution is 4.88. The van der Waals surface area contributed by atoms with Crippen LogP contribution in [0.2, 0.25) is 0 Å². The number of aliphatic hydroxyl groups is 2. The molecular weight excluding hydrogens is 240 g/mol. The Bertz CT molecular complexity index is 225. The van der Waals surface area contributed by atoms with Crippen LogP contribution in [0.1, 0.15) is 12.8 Å². The molecular formula is C12H24O6. The molecule has 0 aromatic rings. The first-order chi connectivity index (χ1) is 8.65. The molecule has 0 aliphatic carbocycles. The summed E-state index contributed by atoms with van der Waals surface area (Å²) in [4.78, 5) is 0. The van der Waals surface area contributed by atoms with E-state index in [2.05, 4.69) is 0 Å². The van der Waals surface area contributed by atoms with Crippen LogP contribution in [0.5, 0.6) is 0 Å². The highest BCUT2D eigenvalue weighted by Crippen LogP contribution is 2.27. The monoisotopic (exact) mass is 264 g/mol. The molecule has 1 aliphatic heterocycles. The van der Waals surface area contributed by atoms with Gasteiger partial charge in [0.1, 0.15) is 12.2 Å². The Morgan fingerprint density at radius 3 is 2.50 bits per heavy atom. The van der Waals surface area contributed by atoms with Crippen LogP contribution in [0.3, 0.4) is 0 Å². The molecule has 0 saturated carbocycles. The molecule has 6 heteroatoms. The van der Waals surface area contributed by atoms with Gasteiger partial charge in [-0.15, -0.1) is 0 Å². The molecule has 1 aliphatic rings. The summed E-state index contributed by atoms with van der Waals surface area (Å²) >= 11 is 0. The highest BCUT2D eigenvalue weighted by atomic mass is 16.6. The molecule has 0 aromatic heterocycles. The van der Waals surface area contributed by atoms with E-state index in [4.69, 9.17) is 24.1 Å². The Kier molecular flexibility index (Phi) is 7.06. The molecule has 1 fully saturated rings. The molecule has 0 unspecified atom stereocenters. The molecule has 0 spiro atoms. The molecule has 0 aromatic carbocycles. The lowest BCUT2D eigenvalue weighted by molar-refractivity contribution is -0.204. The number of ether oxygens (including phenoxy) is 4. The predicted molar refractivity (Wildman–Crippen MR) is 64.5 cm³/mol. The van der Waals surface area contributed by atoms with E-state index in [9.17, 15) is 5.11 Å². The third kappa shape index (κ3) is 4.15. The van der Waals surface area contributed by atoms with Crippen molar-refractivity contribution in [1.82, 2.24) is 0 Å². The summed E-state index contributed by atoms with van der Waals surface area (Å²) in [7, 11) is 4.85. The van der Waals surface area contributed by atoms with E-state index >= 15 is 0 Å². The second-order valence-corrected chi connectivity index (χ2v) is 4.53. The van der Waals surface area contributed by atoms with E-state index in [0.29, 0.717) is 19.4 Å². The number of aliphatic hydroxyl groups excluding tert-OH is 2. The Morgan fingerprint density at radius 1 is 1.28 bits per heavy atom. The summed E-state index contributed by atoms with van der Waals surface area (Å²) < 4.78 is 21.8. The van der Waals surface area contributed by atoms with Crippen molar-refractivity contribution in [3.8, 4) is 0 Å². The van der Waals surface area contributed by atoms with E-state index < -0.39 is 6.10 Å². The van der Waals surface area contributed by atoms with Crippen LogP contribution >= 0.6 is 0 Å². The molecule has 0 amide bonds. The third-order valence-electron chi connectivity index (χ3n) is 3.25. The van der Waals surface area contributed by atoms with Crippen molar-refractivity contribution < 1.29 is 29.2 Å². The molecule has 2 N–H and O–H groups in total. The molecule has 5 atom stereocenters. The average molecular weight is 264 g/mol. The average Bonchev–Trinajstić information content (AvgIpc) is 2.38. The SMILES string of the molecule is COC[C@H]1O[C@H](C[C@H](O)CO)C[C@@H](OC)[C@@H]1OC. The van der Waals surface area contributed by atoms with Crippen molar-refractivity contribution in [3.05, 3.63) is 0 Å². The Hall–Kier alpha value is -0.240. The zero-order valence-corrected chi connectivity index (χ0v) is 11.2. The van der Waals surface area contributed by atoms with E-state index in [1.165, 1.54) is 0 Å². The van der Waals surface area contributed by atoms with E-state index in [0.717, 1.165) is 0 Å². The van der Waals surface area contributed by atoms with Crippen LogP contribution in [-0.2, 0) is 18.9 Å². The maximum absolute atomic E-state index is 9.48. The van der Waals surface area contributed by atoms with Crippen molar-refractivity contribution in [2.75, 3.05) is 34.5 Å². The minimum atomic E-state index is -0.769. The number of hydrogen-bond donors (Lipinski definition) is 2. The smallest absolute Gasteiger partial charge is 0.112 e. The van der Waals surface area contributed by atoms with Gasteiger partial charge in [0, 0.05) is 34.2 Å². The zero-order chi connectivity index (χ0) is 13.5. The highest BCUT2D eigenvalue weighted by Gasteiger charge is 2.39. The van der Waals surface area contributed by atoms with Gasteiger partial charge >= 0.3 is 0 Å². The number of hydrogen-bond acceptors (Lipinski definition) is 6. The number of rotatable bonds is 7. The van der Waals surface area contributed by atoms with Gasteiger partial charge in [0.25, 0.3) is 0 Å². The summed E-state index contributed by atoms with van der Waals surface area (Å²) in [5, 5.41) is 18.3. The third-order valence-corrected chi connectivity index (χ3v) is 3.25. The van der Waals surface area contributed by atoms with Crippen molar-refractivity contribution in [3.63, 3.8) is 0 Å². The van der Waals surface area contributed by atoms with Gasteiger partial charge in [-0.3, -0.25) is 0 Å². The van der Waals surface area contributed by atoms with Crippen molar-refractivity contribution in [2.45, 2.75) is 43.4 Å². The molecule has 18 heavy (non-hydrogen) atoms. The minimum Gasteiger partial charge on any atom is -0.394 e. The van der Waals surface area contributed by atoms with Crippen LogP contribution in [0.15, 0.2) is 0 Å². The van der Waals surface area contributed by atoms with Gasteiger partial charge in [0.15, 0.2) is 0 Å². The summed E-state index contributed by atoms with van der Waals surface area (Å²) in [6, 6.07) is 0. The zero-order valence-electron chi connectivity index (χ0n) is 11.2. The first-order valence-corrected chi connectivity index (χ1v) is 6.15. The second-order valence-electron chi connectivity index (χ2n) is 4.53. The minimum absolute atomic E-state index is 0.0974. The van der Waals surface area contributed by atoms with Gasteiger partial charge in [0.05, 0.1) is 31.5 Å². The van der Waals surface area contributed by atoms with Gasteiger partial charge in [-0.05, 0) is 0 Å². The van der Waals surface area contributed by atoms with Gasteiger partial charge in [0.2, 0.25) is 0 Å². The number of methoxy groups -OCH3 is 3. The fourth-order valence-corrected chi connectivity index (χ4v) is 2.37. The van der Waals surface area contributed by atoms with Gasteiger partial charge in [-0.2, -0.15) is 0 Å². The quantitative estimate of drug-likeness (QED) is 0.649. The van der Waals surface area contributed by atoms with E-state index in [1.54, 1.807) is 21.3 Å². The van der Waals surface area contributed by atoms with Gasteiger partial charge in [-0.1, -0.05) is 0 Å². The maximum atomic E-state index is 9.48. The summed E-state index contributed by atoms with van der Waals surface area (Å²) in [5.41, 5.74) is 0.